The SMILES string of the molecule is CC1=CCC2OC(F)(F)OC(F)(F)C2=C1. The van der Waals surface area contributed by atoms with Crippen molar-refractivity contribution in [2.45, 2.75) is 31.9 Å². The monoisotopic (exact) mass is 224 g/mol. The van der Waals surface area contributed by atoms with Crippen LogP contribution >= 0.6 is 0 Å². The van der Waals surface area contributed by atoms with Crippen LogP contribution in [-0.2, 0) is 9.47 Å². The van der Waals surface area contributed by atoms with Gasteiger partial charge in [-0.15, -0.1) is 8.78 Å². The summed E-state index contributed by atoms with van der Waals surface area (Å²) in [5.41, 5.74) is 0.0340. The summed E-state index contributed by atoms with van der Waals surface area (Å²) in [7, 11) is 0. The normalized spacial score (nSPS) is 32.7. The van der Waals surface area contributed by atoms with Gasteiger partial charge in [-0.3, -0.25) is 4.74 Å². The van der Waals surface area contributed by atoms with E-state index in [9.17, 15) is 17.6 Å². The molecule has 1 heterocycles. The summed E-state index contributed by atoms with van der Waals surface area (Å²) in [4.78, 5) is 0. The molecule has 0 aromatic carbocycles. The van der Waals surface area contributed by atoms with E-state index < -0.39 is 24.1 Å². The zero-order valence-electron chi connectivity index (χ0n) is 7.77. The summed E-state index contributed by atoms with van der Waals surface area (Å²) in [5, 5.41) is 0. The van der Waals surface area contributed by atoms with Gasteiger partial charge in [0.05, 0.1) is 11.7 Å². The largest absolute Gasteiger partial charge is 0.491 e. The Bertz CT molecular complexity index is 346. The molecule has 2 nitrogen and oxygen atoms in total. The lowest BCUT2D eigenvalue weighted by atomic mass is 9.96. The Morgan fingerprint density at radius 1 is 1.33 bits per heavy atom. The van der Waals surface area contributed by atoms with Gasteiger partial charge in [-0.05, 0) is 19.4 Å². The Morgan fingerprint density at radius 2 is 2.00 bits per heavy atom. The van der Waals surface area contributed by atoms with Gasteiger partial charge in [0.15, 0.2) is 0 Å². The lowest BCUT2D eigenvalue weighted by Gasteiger charge is -2.37. The second kappa shape index (κ2) is 3.05. The highest BCUT2D eigenvalue weighted by Crippen LogP contribution is 2.44. The molecule has 0 radical (unpaired) electrons. The molecule has 0 bridgehead atoms. The molecule has 6 heteroatoms. The van der Waals surface area contributed by atoms with Gasteiger partial charge in [0.25, 0.3) is 0 Å². The van der Waals surface area contributed by atoms with Gasteiger partial charge in [0.1, 0.15) is 0 Å². The molecule has 1 atom stereocenters. The highest BCUT2D eigenvalue weighted by molar-refractivity contribution is 5.33. The molecule has 84 valence electrons. The van der Waals surface area contributed by atoms with Crippen LogP contribution in [0.1, 0.15) is 13.3 Å². The van der Waals surface area contributed by atoms with Gasteiger partial charge in [0.2, 0.25) is 0 Å². The van der Waals surface area contributed by atoms with Crippen molar-refractivity contribution in [3.8, 4) is 0 Å². The van der Waals surface area contributed by atoms with Crippen LogP contribution in [0.15, 0.2) is 23.3 Å². The van der Waals surface area contributed by atoms with Gasteiger partial charge in [-0.1, -0.05) is 11.6 Å². The maximum Gasteiger partial charge on any atom is 0.491 e. The van der Waals surface area contributed by atoms with Crippen LogP contribution in [0.25, 0.3) is 0 Å². The molecule has 15 heavy (non-hydrogen) atoms. The molecule has 1 fully saturated rings. The van der Waals surface area contributed by atoms with Crippen molar-refractivity contribution in [2.75, 3.05) is 0 Å². The predicted molar refractivity (Wildman–Crippen MR) is 42.3 cm³/mol. The first kappa shape index (κ1) is 10.6. The summed E-state index contributed by atoms with van der Waals surface area (Å²) in [5.74, 6) is 0. The number of hydrogen-bond acceptors (Lipinski definition) is 2. The van der Waals surface area contributed by atoms with E-state index in [1.54, 1.807) is 13.0 Å². The molecule has 1 aliphatic heterocycles. The van der Waals surface area contributed by atoms with Crippen molar-refractivity contribution in [3.63, 3.8) is 0 Å². The van der Waals surface area contributed by atoms with Crippen LogP contribution < -0.4 is 0 Å². The second-order valence-corrected chi connectivity index (χ2v) is 3.47. The van der Waals surface area contributed by atoms with E-state index in [1.807, 2.05) is 0 Å². The molecule has 2 rings (SSSR count). The summed E-state index contributed by atoms with van der Waals surface area (Å²) in [6.45, 7) is 1.60. The fourth-order valence-corrected chi connectivity index (χ4v) is 1.60. The predicted octanol–water partition coefficient (Wildman–Crippen LogP) is 2.82. The van der Waals surface area contributed by atoms with Gasteiger partial charge in [-0.25, -0.2) is 4.74 Å². The smallest absolute Gasteiger partial charge is 0.287 e. The zero-order chi connectivity index (χ0) is 11.3. The van der Waals surface area contributed by atoms with Crippen LogP contribution in [0.4, 0.5) is 17.6 Å². The summed E-state index contributed by atoms with van der Waals surface area (Å²) in [6, 6.07) is 0. The maximum absolute atomic E-state index is 13.1. The Kier molecular flexibility index (Phi) is 2.16. The van der Waals surface area contributed by atoms with Crippen LogP contribution in [0.3, 0.4) is 0 Å². The van der Waals surface area contributed by atoms with Crippen LogP contribution in [0.5, 0.6) is 0 Å². The van der Waals surface area contributed by atoms with Crippen molar-refractivity contribution in [1.82, 2.24) is 0 Å². The van der Waals surface area contributed by atoms with E-state index in [2.05, 4.69) is 9.47 Å². The molecule has 0 aromatic heterocycles. The van der Waals surface area contributed by atoms with E-state index >= 15 is 0 Å². The number of fused-ring (bicyclic) bond motifs is 1. The molecule has 1 aliphatic carbocycles. The highest BCUT2D eigenvalue weighted by atomic mass is 19.3. The van der Waals surface area contributed by atoms with Gasteiger partial charge >= 0.3 is 12.4 Å². The van der Waals surface area contributed by atoms with Gasteiger partial charge in [0, 0.05) is 0 Å². The first-order valence-electron chi connectivity index (χ1n) is 4.33. The zero-order valence-corrected chi connectivity index (χ0v) is 7.77. The molecule has 0 N–H and O–H groups in total. The molecular formula is C9H8F4O2. The van der Waals surface area contributed by atoms with Crippen molar-refractivity contribution in [2.24, 2.45) is 0 Å². The number of halogens is 4. The third-order valence-corrected chi connectivity index (χ3v) is 2.25. The molecule has 2 aliphatic rings. The average Bonchev–Trinajstić information content (AvgIpc) is 2.03. The van der Waals surface area contributed by atoms with Gasteiger partial charge in [-0.2, -0.15) is 8.78 Å². The van der Waals surface area contributed by atoms with Crippen molar-refractivity contribution >= 4 is 0 Å². The van der Waals surface area contributed by atoms with Crippen LogP contribution in [0, 0.1) is 0 Å². The minimum absolute atomic E-state index is 0.00616. The average molecular weight is 224 g/mol. The molecule has 0 aromatic rings. The first-order chi connectivity index (χ1) is 6.80. The number of hydrogen-bond donors (Lipinski definition) is 0. The molecule has 0 amide bonds. The lowest BCUT2D eigenvalue weighted by molar-refractivity contribution is -0.488. The summed E-state index contributed by atoms with van der Waals surface area (Å²) in [6.07, 6.45) is -6.83. The Morgan fingerprint density at radius 3 is 2.67 bits per heavy atom. The summed E-state index contributed by atoms with van der Waals surface area (Å²) < 4.78 is 58.9. The topological polar surface area (TPSA) is 18.5 Å². The van der Waals surface area contributed by atoms with E-state index in [4.69, 9.17) is 0 Å². The Hall–Kier alpha value is -0.880. The number of rotatable bonds is 0. The highest BCUT2D eigenvalue weighted by Gasteiger charge is 2.57. The van der Waals surface area contributed by atoms with Gasteiger partial charge < -0.3 is 0 Å². The van der Waals surface area contributed by atoms with E-state index in [0.29, 0.717) is 5.57 Å². The minimum Gasteiger partial charge on any atom is -0.287 e. The summed E-state index contributed by atoms with van der Waals surface area (Å²) >= 11 is 0. The molecule has 1 unspecified atom stereocenters. The van der Waals surface area contributed by atoms with Crippen molar-refractivity contribution in [3.05, 3.63) is 23.3 Å². The van der Waals surface area contributed by atoms with E-state index in [1.165, 1.54) is 0 Å². The van der Waals surface area contributed by atoms with Crippen LogP contribution in [0.2, 0.25) is 0 Å². The van der Waals surface area contributed by atoms with Crippen molar-refractivity contribution in [1.29, 1.82) is 0 Å². The molecule has 1 saturated heterocycles. The molecule has 0 saturated carbocycles. The Balaban J connectivity index is 2.35. The fraction of sp³-hybridized carbons (Fsp3) is 0.556. The first-order valence-corrected chi connectivity index (χ1v) is 4.33. The number of allylic oxidation sites excluding steroid dienone is 2. The lowest BCUT2D eigenvalue weighted by Crippen LogP contribution is -2.49. The quantitative estimate of drug-likeness (QED) is 0.589. The standard InChI is InChI=1S/C9H8F4O2/c1-5-2-3-7-6(4-5)8(10,11)15-9(12,13)14-7/h2,4,7H,3H2,1H3. The van der Waals surface area contributed by atoms with E-state index in [0.717, 1.165) is 6.08 Å². The third-order valence-electron chi connectivity index (χ3n) is 2.25. The van der Waals surface area contributed by atoms with Crippen molar-refractivity contribution < 1.29 is 27.0 Å². The van der Waals surface area contributed by atoms with E-state index in [-0.39, 0.29) is 6.42 Å². The second-order valence-electron chi connectivity index (χ2n) is 3.47. The minimum atomic E-state index is -4.23. The number of alkyl halides is 4. The maximum atomic E-state index is 13.1. The molecule has 0 spiro atoms. The fourth-order valence-electron chi connectivity index (χ4n) is 1.60. The number of ether oxygens (including phenoxy) is 2. The third kappa shape index (κ3) is 1.91. The molecular weight excluding hydrogens is 216 g/mol. The van der Waals surface area contributed by atoms with Crippen LogP contribution in [-0.4, -0.2) is 18.5 Å². The Labute approximate surface area is 83.2 Å².